The fraction of sp³-hybridized carbons (Fsp3) is 0.235. The molecule has 4 nitrogen and oxygen atoms in total. The number of fused-ring (bicyclic) bond motifs is 1. The number of hydrogen-bond acceptors (Lipinski definition) is 4. The molecule has 0 saturated heterocycles. The molecule has 1 N–H and O–H groups in total. The first-order chi connectivity index (χ1) is 10.8. The number of nitrogens with one attached hydrogen (secondary N) is 1. The maximum Gasteiger partial charge on any atom is 0.243 e. The summed E-state index contributed by atoms with van der Waals surface area (Å²) in [5.74, 6) is 1.78. The lowest BCUT2D eigenvalue weighted by atomic mass is 10.2. The molecule has 114 valence electrons. The van der Waals surface area contributed by atoms with Gasteiger partial charge in [-0.25, -0.2) is 0 Å². The zero-order valence-corrected chi connectivity index (χ0v) is 13.2. The molecule has 1 aliphatic rings. The maximum atomic E-state index is 12.3. The molecule has 0 radical (unpaired) electrons. The second-order valence-corrected chi connectivity index (χ2v) is 6.15. The molecule has 2 aromatic rings. The van der Waals surface area contributed by atoms with E-state index in [-0.39, 0.29) is 5.91 Å². The van der Waals surface area contributed by atoms with Crippen LogP contribution in [0, 0.1) is 0 Å². The predicted molar refractivity (Wildman–Crippen MR) is 91.0 cm³/mol. The number of nitrogens with zero attached hydrogens (tertiary/aromatic N) is 1. The number of anilines is 2. The van der Waals surface area contributed by atoms with Crippen LogP contribution in [0.3, 0.4) is 0 Å². The Kier molecular flexibility index (Phi) is 4.53. The monoisotopic (exact) mass is 314 g/mol. The molecule has 3 rings (SSSR count). The summed E-state index contributed by atoms with van der Waals surface area (Å²) in [5.41, 5.74) is 1.93. The van der Waals surface area contributed by atoms with Gasteiger partial charge in [-0.1, -0.05) is 12.1 Å². The van der Waals surface area contributed by atoms with Gasteiger partial charge in [0.2, 0.25) is 5.91 Å². The van der Waals surface area contributed by atoms with Gasteiger partial charge in [0.15, 0.2) is 0 Å². The van der Waals surface area contributed by atoms with Gasteiger partial charge in [0.25, 0.3) is 0 Å². The van der Waals surface area contributed by atoms with Crippen LogP contribution in [0.2, 0.25) is 0 Å². The maximum absolute atomic E-state index is 12.3. The van der Waals surface area contributed by atoms with Crippen LogP contribution in [0.5, 0.6) is 5.75 Å². The number of hydrogen-bond donors (Lipinski definition) is 1. The summed E-state index contributed by atoms with van der Waals surface area (Å²) in [6.45, 7) is 1.25. The van der Waals surface area contributed by atoms with Gasteiger partial charge in [-0.3, -0.25) is 4.79 Å². The van der Waals surface area contributed by atoms with Crippen molar-refractivity contribution in [3.8, 4) is 5.75 Å². The SMILES string of the molecule is COc1ccc(NC(=O)CN2CCSc3ccccc32)cc1. The first kappa shape index (κ1) is 14.8. The molecular formula is C17H18N2O2S. The molecule has 0 spiro atoms. The Balaban J connectivity index is 1.65. The second-order valence-electron chi connectivity index (χ2n) is 5.01. The molecule has 0 bridgehead atoms. The third-order valence-corrected chi connectivity index (χ3v) is 4.58. The molecule has 0 aromatic heterocycles. The van der Waals surface area contributed by atoms with Crippen LogP contribution in [-0.2, 0) is 4.79 Å². The zero-order valence-electron chi connectivity index (χ0n) is 12.4. The number of methoxy groups -OCH3 is 1. The summed E-state index contributed by atoms with van der Waals surface area (Å²) in [4.78, 5) is 15.6. The molecule has 0 fully saturated rings. The fourth-order valence-corrected chi connectivity index (χ4v) is 3.49. The summed E-state index contributed by atoms with van der Waals surface area (Å²) >= 11 is 1.84. The number of ether oxygens (including phenoxy) is 1. The van der Waals surface area contributed by atoms with Gasteiger partial charge in [0.1, 0.15) is 5.75 Å². The van der Waals surface area contributed by atoms with Crippen molar-refractivity contribution in [2.45, 2.75) is 4.90 Å². The smallest absolute Gasteiger partial charge is 0.243 e. The molecular weight excluding hydrogens is 296 g/mol. The molecule has 0 saturated carbocycles. The Bertz CT molecular complexity index is 658. The van der Waals surface area contributed by atoms with Crippen molar-refractivity contribution in [2.24, 2.45) is 0 Å². The lowest BCUT2D eigenvalue weighted by Crippen LogP contribution is -2.36. The van der Waals surface area contributed by atoms with Crippen LogP contribution in [-0.4, -0.2) is 31.9 Å². The highest BCUT2D eigenvalue weighted by Gasteiger charge is 2.19. The Morgan fingerprint density at radius 1 is 1.23 bits per heavy atom. The van der Waals surface area contributed by atoms with E-state index < -0.39 is 0 Å². The Hall–Kier alpha value is -2.14. The van der Waals surface area contributed by atoms with Gasteiger partial charge < -0.3 is 15.0 Å². The number of para-hydroxylation sites is 1. The van der Waals surface area contributed by atoms with Gasteiger partial charge in [-0.05, 0) is 36.4 Å². The van der Waals surface area contributed by atoms with E-state index in [0.717, 1.165) is 29.4 Å². The number of amides is 1. The minimum absolute atomic E-state index is 0.00753. The van der Waals surface area contributed by atoms with Gasteiger partial charge in [0, 0.05) is 22.9 Å². The van der Waals surface area contributed by atoms with E-state index in [0.29, 0.717) is 6.54 Å². The largest absolute Gasteiger partial charge is 0.497 e. The highest BCUT2D eigenvalue weighted by Crippen LogP contribution is 2.34. The van der Waals surface area contributed by atoms with E-state index in [1.807, 2.05) is 48.2 Å². The Labute approximate surface area is 134 Å². The zero-order chi connectivity index (χ0) is 15.4. The van der Waals surface area contributed by atoms with Crippen LogP contribution in [0.15, 0.2) is 53.4 Å². The van der Waals surface area contributed by atoms with E-state index in [1.165, 1.54) is 4.90 Å². The van der Waals surface area contributed by atoms with Crippen molar-refractivity contribution in [3.63, 3.8) is 0 Å². The van der Waals surface area contributed by atoms with Crippen LogP contribution < -0.4 is 15.0 Å². The highest BCUT2D eigenvalue weighted by atomic mass is 32.2. The summed E-state index contributed by atoms with van der Waals surface area (Å²) < 4.78 is 5.11. The van der Waals surface area contributed by atoms with E-state index in [2.05, 4.69) is 22.3 Å². The van der Waals surface area contributed by atoms with Crippen LogP contribution >= 0.6 is 11.8 Å². The van der Waals surface area contributed by atoms with E-state index in [4.69, 9.17) is 4.74 Å². The van der Waals surface area contributed by atoms with Crippen LogP contribution in [0.1, 0.15) is 0 Å². The summed E-state index contributed by atoms with van der Waals surface area (Å²) in [5, 5.41) is 2.93. The standard InChI is InChI=1S/C17H18N2O2S/c1-21-14-8-6-13(7-9-14)18-17(20)12-19-10-11-22-16-5-3-2-4-15(16)19/h2-9H,10-12H2,1H3,(H,18,20). The van der Waals surface area contributed by atoms with Crippen molar-refractivity contribution >= 4 is 29.0 Å². The molecule has 1 amide bonds. The summed E-state index contributed by atoms with van der Waals surface area (Å²) in [7, 11) is 1.62. The minimum atomic E-state index is -0.00753. The molecule has 0 unspecified atom stereocenters. The Morgan fingerprint density at radius 2 is 2.00 bits per heavy atom. The lowest BCUT2D eigenvalue weighted by Gasteiger charge is -2.30. The van der Waals surface area contributed by atoms with Crippen molar-refractivity contribution in [1.82, 2.24) is 0 Å². The molecule has 1 heterocycles. The number of carbonyl (C=O) groups excluding carboxylic acids is 1. The molecule has 2 aromatic carbocycles. The van der Waals surface area contributed by atoms with Gasteiger partial charge in [-0.2, -0.15) is 0 Å². The van der Waals surface area contributed by atoms with Crippen molar-refractivity contribution < 1.29 is 9.53 Å². The first-order valence-electron chi connectivity index (χ1n) is 7.17. The topological polar surface area (TPSA) is 41.6 Å². The predicted octanol–water partition coefficient (Wildman–Crippen LogP) is 3.25. The summed E-state index contributed by atoms with van der Waals surface area (Å²) in [6.07, 6.45) is 0. The van der Waals surface area contributed by atoms with E-state index in [9.17, 15) is 4.79 Å². The average molecular weight is 314 g/mol. The van der Waals surface area contributed by atoms with Crippen molar-refractivity contribution in [3.05, 3.63) is 48.5 Å². The molecule has 1 aliphatic heterocycles. The van der Waals surface area contributed by atoms with Crippen LogP contribution in [0.25, 0.3) is 0 Å². The average Bonchev–Trinajstić information content (AvgIpc) is 2.56. The minimum Gasteiger partial charge on any atom is -0.497 e. The lowest BCUT2D eigenvalue weighted by molar-refractivity contribution is -0.115. The molecule has 0 atom stereocenters. The third-order valence-electron chi connectivity index (χ3n) is 3.53. The normalized spacial score (nSPS) is 13.4. The van der Waals surface area contributed by atoms with Gasteiger partial charge >= 0.3 is 0 Å². The third kappa shape index (κ3) is 3.36. The quantitative estimate of drug-likeness (QED) is 0.940. The fourth-order valence-electron chi connectivity index (χ4n) is 2.44. The van der Waals surface area contributed by atoms with Gasteiger partial charge in [-0.15, -0.1) is 11.8 Å². The number of thioether (sulfide) groups is 1. The van der Waals surface area contributed by atoms with Crippen molar-refractivity contribution in [1.29, 1.82) is 0 Å². The number of rotatable bonds is 4. The van der Waals surface area contributed by atoms with E-state index in [1.54, 1.807) is 7.11 Å². The molecule has 22 heavy (non-hydrogen) atoms. The number of benzene rings is 2. The highest BCUT2D eigenvalue weighted by molar-refractivity contribution is 7.99. The number of carbonyl (C=O) groups is 1. The Morgan fingerprint density at radius 3 is 2.77 bits per heavy atom. The second kappa shape index (κ2) is 6.75. The summed E-state index contributed by atoms with van der Waals surface area (Å²) in [6, 6.07) is 15.6. The first-order valence-corrected chi connectivity index (χ1v) is 8.15. The van der Waals surface area contributed by atoms with Crippen molar-refractivity contribution in [2.75, 3.05) is 36.2 Å². The molecule has 0 aliphatic carbocycles. The van der Waals surface area contributed by atoms with E-state index >= 15 is 0 Å². The van der Waals surface area contributed by atoms with Crippen LogP contribution in [0.4, 0.5) is 11.4 Å². The molecule has 5 heteroatoms. The van der Waals surface area contributed by atoms with Gasteiger partial charge in [0.05, 0.1) is 19.3 Å².